The summed E-state index contributed by atoms with van der Waals surface area (Å²) in [4.78, 5) is 11.6. The number of carbonyl (C=O) groups excluding carboxylic acids is 1. The Morgan fingerprint density at radius 1 is 1.28 bits per heavy atom. The number of hydrogen-bond donors (Lipinski definition) is 2. The lowest BCUT2D eigenvalue weighted by molar-refractivity contribution is -0.122. The Labute approximate surface area is 118 Å². The molecule has 0 bridgehead atoms. The van der Waals surface area contributed by atoms with Crippen molar-refractivity contribution in [3.05, 3.63) is 0 Å². The van der Waals surface area contributed by atoms with Crippen molar-refractivity contribution in [2.45, 2.75) is 64.8 Å². The lowest BCUT2D eigenvalue weighted by Crippen LogP contribution is -2.40. The van der Waals surface area contributed by atoms with Gasteiger partial charge in [-0.15, -0.1) is 12.4 Å². The summed E-state index contributed by atoms with van der Waals surface area (Å²) in [6, 6.07) is 0.0796. The van der Waals surface area contributed by atoms with Crippen LogP contribution in [-0.2, 0) is 4.79 Å². The standard InChI is InChI=1S/C14H28N2O.ClH/c1-12(2)8-5-3-4-6-10-16-14(17)13-9-7-11-15-13;/h12-13,15H,3-11H2,1-2H3,(H,16,17);1H. The average molecular weight is 277 g/mol. The fraction of sp³-hybridized carbons (Fsp3) is 0.929. The summed E-state index contributed by atoms with van der Waals surface area (Å²) >= 11 is 0. The Balaban J connectivity index is 0.00000289. The number of nitrogens with one attached hydrogen (secondary N) is 2. The average Bonchev–Trinajstić information content (AvgIpc) is 2.80. The molecule has 18 heavy (non-hydrogen) atoms. The summed E-state index contributed by atoms with van der Waals surface area (Å²) in [5.74, 6) is 1.02. The molecule has 1 aliphatic heterocycles. The predicted molar refractivity (Wildman–Crippen MR) is 79.2 cm³/mol. The molecule has 1 aliphatic rings. The largest absolute Gasteiger partial charge is 0.355 e. The molecule has 108 valence electrons. The van der Waals surface area contributed by atoms with Crippen molar-refractivity contribution >= 4 is 18.3 Å². The zero-order valence-electron chi connectivity index (χ0n) is 11.8. The van der Waals surface area contributed by atoms with Crippen LogP contribution in [0.3, 0.4) is 0 Å². The number of carbonyl (C=O) groups is 1. The van der Waals surface area contributed by atoms with Gasteiger partial charge in [-0.05, 0) is 31.7 Å². The Hall–Kier alpha value is -0.280. The smallest absolute Gasteiger partial charge is 0.237 e. The zero-order chi connectivity index (χ0) is 12.5. The molecule has 1 heterocycles. The van der Waals surface area contributed by atoms with Crippen molar-refractivity contribution < 1.29 is 4.79 Å². The van der Waals surface area contributed by atoms with Gasteiger partial charge in [0.15, 0.2) is 0 Å². The second kappa shape index (κ2) is 10.6. The fourth-order valence-electron chi connectivity index (χ4n) is 2.27. The Bertz CT molecular complexity index is 216. The van der Waals surface area contributed by atoms with E-state index in [4.69, 9.17) is 0 Å². The van der Waals surface area contributed by atoms with Crippen LogP contribution in [0.25, 0.3) is 0 Å². The molecule has 0 radical (unpaired) electrons. The van der Waals surface area contributed by atoms with Gasteiger partial charge < -0.3 is 10.6 Å². The highest BCUT2D eigenvalue weighted by atomic mass is 35.5. The van der Waals surface area contributed by atoms with Gasteiger partial charge in [0.05, 0.1) is 6.04 Å². The summed E-state index contributed by atoms with van der Waals surface area (Å²) in [7, 11) is 0. The maximum Gasteiger partial charge on any atom is 0.237 e. The molecule has 0 saturated carbocycles. The first kappa shape index (κ1) is 17.7. The van der Waals surface area contributed by atoms with Crippen LogP contribution in [0.5, 0.6) is 0 Å². The van der Waals surface area contributed by atoms with Crippen LogP contribution < -0.4 is 10.6 Å². The summed E-state index contributed by atoms with van der Waals surface area (Å²) in [5.41, 5.74) is 0. The van der Waals surface area contributed by atoms with Crippen LogP contribution >= 0.6 is 12.4 Å². The minimum atomic E-state index is 0. The highest BCUT2D eigenvalue weighted by molar-refractivity contribution is 5.85. The maximum atomic E-state index is 11.6. The Morgan fingerprint density at radius 2 is 2.00 bits per heavy atom. The van der Waals surface area contributed by atoms with Gasteiger partial charge >= 0.3 is 0 Å². The fourth-order valence-corrected chi connectivity index (χ4v) is 2.27. The van der Waals surface area contributed by atoms with Gasteiger partial charge in [0.2, 0.25) is 5.91 Å². The molecule has 0 aromatic heterocycles. The number of rotatable bonds is 8. The van der Waals surface area contributed by atoms with Crippen molar-refractivity contribution in [1.29, 1.82) is 0 Å². The number of hydrogen-bond acceptors (Lipinski definition) is 2. The summed E-state index contributed by atoms with van der Waals surface area (Å²) in [6.07, 6.45) is 8.46. The van der Waals surface area contributed by atoms with Crippen molar-refractivity contribution in [2.75, 3.05) is 13.1 Å². The monoisotopic (exact) mass is 276 g/mol. The van der Waals surface area contributed by atoms with E-state index in [0.717, 1.165) is 38.3 Å². The van der Waals surface area contributed by atoms with Crippen LogP contribution in [0.4, 0.5) is 0 Å². The van der Waals surface area contributed by atoms with E-state index < -0.39 is 0 Å². The van der Waals surface area contributed by atoms with Crippen LogP contribution in [0, 0.1) is 5.92 Å². The Morgan fingerprint density at radius 3 is 2.61 bits per heavy atom. The minimum Gasteiger partial charge on any atom is -0.355 e. The number of unbranched alkanes of at least 4 members (excludes halogenated alkanes) is 3. The highest BCUT2D eigenvalue weighted by Gasteiger charge is 2.20. The van der Waals surface area contributed by atoms with E-state index >= 15 is 0 Å². The lowest BCUT2D eigenvalue weighted by atomic mass is 10.0. The molecule has 1 rings (SSSR count). The van der Waals surface area contributed by atoms with Gasteiger partial charge in [0, 0.05) is 6.54 Å². The van der Waals surface area contributed by atoms with E-state index in [1.165, 1.54) is 25.7 Å². The van der Waals surface area contributed by atoms with Crippen molar-refractivity contribution in [2.24, 2.45) is 5.92 Å². The summed E-state index contributed by atoms with van der Waals surface area (Å²) in [6.45, 7) is 6.38. The molecule has 1 fully saturated rings. The quantitative estimate of drug-likeness (QED) is 0.670. The van der Waals surface area contributed by atoms with E-state index in [1.807, 2.05) is 0 Å². The third-order valence-electron chi connectivity index (χ3n) is 3.38. The van der Waals surface area contributed by atoms with E-state index in [9.17, 15) is 4.79 Å². The van der Waals surface area contributed by atoms with E-state index in [1.54, 1.807) is 0 Å². The summed E-state index contributed by atoms with van der Waals surface area (Å²) < 4.78 is 0. The molecule has 0 aliphatic carbocycles. The van der Waals surface area contributed by atoms with Crippen LogP contribution in [0.15, 0.2) is 0 Å². The second-order valence-corrected chi connectivity index (χ2v) is 5.54. The molecule has 0 aromatic carbocycles. The van der Waals surface area contributed by atoms with Crippen LogP contribution in [-0.4, -0.2) is 25.0 Å². The highest BCUT2D eigenvalue weighted by Crippen LogP contribution is 2.09. The van der Waals surface area contributed by atoms with E-state index in [0.29, 0.717) is 0 Å². The molecule has 0 spiro atoms. The van der Waals surface area contributed by atoms with Gasteiger partial charge in [-0.25, -0.2) is 0 Å². The SMILES string of the molecule is CC(C)CCCCCCNC(=O)C1CCCN1.Cl. The van der Waals surface area contributed by atoms with Crippen molar-refractivity contribution in [1.82, 2.24) is 10.6 Å². The van der Waals surface area contributed by atoms with Gasteiger partial charge in [-0.1, -0.05) is 39.5 Å². The minimum absolute atomic E-state index is 0. The summed E-state index contributed by atoms with van der Waals surface area (Å²) in [5, 5.41) is 6.24. The molecule has 1 amide bonds. The van der Waals surface area contributed by atoms with E-state index in [2.05, 4.69) is 24.5 Å². The molecule has 0 aromatic rings. The third-order valence-corrected chi connectivity index (χ3v) is 3.38. The molecule has 2 N–H and O–H groups in total. The topological polar surface area (TPSA) is 41.1 Å². The van der Waals surface area contributed by atoms with Crippen LogP contribution in [0.2, 0.25) is 0 Å². The molecular weight excluding hydrogens is 248 g/mol. The van der Waals surface area contributed by atoms with Gasteiger partial charge in [0.25, 0.3) is 0 Å². The molecular formula is C14H29ClN2O. The normalized spacial score (nSPS) is 18.7. The molecule has 1 unspecified atom stereocenters. The van der Waals surface area contributed by atoms with Gasteiger partial charge in [-0.2, -0.15) is 0 Å². The van der Waals surface area contributed by atoms with Gasteiger partial charge in [0.1, 0.15) is 0 Å². The zero-order valence-corrected chi connectivity index (χ0v) is 12.7. The van der Waals surface area contributed by atoms with E-state index in [-0.39, 0.29) is 24.4 Å². The van der Waals surface area contributed by atoms with Crippen molar-refractivity contribution in [3.63, 3.8) is 0 Å². The molecule has 1 atom stereocenters. The third kappa shape index (κ3) is 7.93. The predicted octanol–water partition coefficient (Wildman–Crippen LogP) is 2.88. The van der Waals surface area contributed by atoms with Gasteiger partial charge in [-0.3, -0.25) is 4.79 Å². The maximum absolute atomic E-state index is 11.6. The molecule has 1 saturated heterocycles. The first-order valence-electron chi connectivity index (χ1n) is 7.21. The molecule has 4 heteroatoms. The molecule has 3 nitrogen and oxygen atoms in total. The van der Waals surface area contributed by atoms with Crippen LogP contribution in [0.1, 0.15) is 58.8 Å². The second-order valence-electron chi connectivity index (χ2n) is 5.54. The lowest BCUT2D eigenvalue weighted by Gasteiger charge is -2.10. The Kier molecular flexibility index (Phi) is 10.5. The number of amides is 1. The first-order chi connectivity index (χ1) is 8.20. The van der Waals surface area contributed by atoms with Crippen molar-refractivity contribution in [3.8, 4) is 0 Å². The first-order valence-corrected chi connectivity index (χ1v) is 7.21. The number of halogens is 1.